The van der Waals surface area contributed by atoms with E-state index in [4.69, 9.17) is 0 Å². The van der Waals surface area contributed by atoms with Crippen LogP contribution in [0.5, 0.6) is 0 Å². The van der Waals surface area contributed by atoms with Crippen LogP contribution in [0, 0.1) is 34.1 Å². The Labute approximate surface area is 124 Å². The van der Waals surface area contributed by atoms with Gasteiger partial charge in [0.1, 0.15) is 5.56 Å². The summed E-state index contributed by atoms with van der Waals surface area (Å²) in [6.07, 6.45) is 0. The van der Waals surface area contributed by atoms with Crippen LogP contribution in [0.4, 0.5) is 11.4 Å². The molecule has 0 aliphatic heterocycles. The molecule has 2 aromatic carbocycles. The van der Waals surface area contributed by atoms with Gasteiger partial charge in [-0.2, -0.15) is 0 Å². The average Bonchev–Trinajstić information content (AvgIpc) is 2.69. The minimum Gasteiger partial charge on any atom is -0.288 e. The number of nitro benzene ring substituents is 2. The Hall–Kier alpha value is -3.09. The molecule has 0 unspecified atom stereocenters. The van der Waals surface area contributed by atoms with Gasteiger partial charge in [0.15, 0.2) is 0 Å². The molecule has 0 saturated heterocycles. The Morgan fingerprint density at radius 1 is 0.864 bits per heavy atom. The Morgan fingerprint density at radius 3 is 2.09 bits per heavy atom. The van der Waals surface area contributed by atoms with Crippen LogP contribution >= 0.6 is 0 Å². The molecular weight excluding hydrogens is 288 g/mol. The Kier molecular flexibility index (Phi) is 2.81. The molecule has 0 radical (unpaired) electrons. The molecule has 0 spiro atoms. The van der Waals surface area contributed by atoms with E-state index in [-0.39, 0.29) is 11.1 Å². The van der Waals surface area contributed by atoms with Crippen LogP contribution < -0.4 is 0 Å². The zero-order chi connectivity index (χ0) is 16.2. The molecule has 1 aliphatic carbocycles. The maximum atomic E-state index is 12.5. The van der Waals surface area contributed by atoms with Crippen molar-refractivity contribution in [2.45, 2.75) is 13.8 Å². The van der Waals surface area contributed by atoms with Crippen LogP contribution in [0.2, 0.25) is 0 Å². The summed E-state index contributed by atoms with van der Waals surface area (Å²) in [5.74, 6) is -0.542. The first kappa shape index (κ1) is 13.9. The maximum absolute atomic E-state index is 12.5. The van der Waals surface area contributed by atoms with Crippen molar-refractivity contribution in [1.82, 2.24) is 0 Å². The van der Waals surface area contributed by atoms with Crippen molar-refractivity contribution in [3.63, 3.8) is 0 Å². The normalized spacial score (nSPS) is 12.0. The van der Waals surface area contributed by atoms with Crippen LogP contribution in [0.15, 0.2) is 24.3 Å². The average molecular weight is 298 g/mol. The van der Waals surface area contributed by atoms with E-state index in [1.807, 2.05) is 6.92 Å². The van der Waals surface area contributed by atoms with Crippen molar-refractivity contribution in [2.24, 2.45) is 0 Å². The van der Waals surface area contributed by atoms with Crippen LogP contribution in [-0.2, 0) is 0 Å². The molecule has 7 heteroatoms. The third kappa shape index (κ3) is 1.72. The predicted octanol–water partition coefficient (Wildman–Crippen LogP) is 3.33. The number of benzene rings is 2. The van der Waals surface area contributed by atoms with Crippen molar-refractivity contribution >= 4 is 17.2 Å². The van der Waals surface area contributed by atoms with Crippen LogP contribution in [-0.4, -0.2) is 15.6 Å². The lowest BCUT2D eigenvalue weighted by Crippen LogP contribution is -2.06. The van der Waals surface area contributed by atoms with Gasteiger partial charge < -0.3 is 0 Å². The fraction of sp³-hybridized carbons (Fsp3) is 0.133. The molecule has 2 aromatic rings. The predicted molar refractivity (Wildman–Crippen MR) is 78.1 cm³/mol. The fourth-order valence-electron chi connectivity index (χ4n) is 2.85. The van der Waals surface area contributed by atoms with Crippen LogP contribution in [0.25, 0.3) is 11.1 Å². The first-order valence-electron chi connectivity index (χ1n) is 6.45. The number of nitro groups is 2. The lowest BCUT2D eigenvalue weighted by atomic mass is 9.99. The number of fused-ring (bicyclic) bond motifs is 3. The van der Waals surface area contributed by atoms with Gasteiger partial charge in [-0.15, -0.1) is 0 Å². The van der Waals surface area contributed by atoms with E-state index in [2.05, 4.69) is 0 Å². The maximum Gasteiger partial charge on any atom is 0.358 e. The lowest BCUT2D eigenvalue weighted by Gasteiger charge is -2.05. The Balaban J connectivity index is 2.47. The van der Waals surface area contributed by atoms with Gasteiger partial charge >= 0.3 is 11.4 Å². The highest BCUT2D eigenvalue weighted by Gasteiger charge is 2.41. The molecule has 0 heterocycles. The standard InChI is InChI=1S/C15H10N2O5/c1-7-3-4-9-10(5-7)11-6-8(2)13(16(19)20)14(17(21)22)12(11)15(9)18/h3-6H,1-2H3. The second-order valence-electron chi connectivity index (χ2n) is 5.21. The van der Waals surface area contributed by atoms with Gasteiger partial charge in [-0.25, -0.2) is 0 Å². The molecule has 0 fully saturated rings. The summed E-state index contributed by atoms with van der Waals surface area (Å²) in [5.41, 5.74) is 0.835. The topological polar surface area (TPSA) is 103 Å². The van der Waals surface area contributed by atoms with E-state index in [0.29, 0.717) is 16.7 Å². The van der Waals surface area contributed by atoms with Crippen molar-refractivity contribution in [3.8, 4) is 11.1 Å². The molecule has 1 aliphatic rings. The second-order valence-corrected chi connectivity index (χ2v) is 5.21. The molecule has 0 aromatic heterocycles. The number of hydrogen-bond acceptors (Lipinski definition) is 5. The zero-order valence-corrected chi connectivity index (χ0v) is 11.7. The van der Waals surface area contributed by atoms with Gasteiger partial charge in [0, 0.05) is 16.7 Å². The molecule has 22 heavy (non-hydrogen) atoms. The number of carbonyl (C=O) groups excluding carboxylic acids is 1. The summed E-state index contributed by atoms with van der Waals surface area (Å²) in [6.45, 7) is 3.28. The molecule has 0 bridgehead atoms. The summed E-state index contributed by atoms with van der Waals surface area (Å²) >= 11 is 0. The molecule has 0 saturated carbocycles. The van der Waals surface area contributed by atoms with E-state index in [9.17, 15) is 25.0 Å². The largest absolute Gasteiger partial charge is 0.358 e. The van der Waals surface area contributed by atoms with E-state index in [1.54, 1.807) is 18.2 Å². The van der Waals surface area contributed by atoms with E-state index in [1.165, 1.54) is 13.0 Å². The molecule has 3 rings (SSSR count). The Bertz CT molecular complexity index is 886. The number of hydrogen-bond donors (Lipinski definition) is 0. The van der Waals surface area contributed by atoms with Gasteiger partial charge in [-0.05, 0) is 25.5 Å². The number of aryl methyl sites for hydroxylation is 2. The highest BCUT2D eigenvalue weighted by Crippen LogP contribution is 2.46. The van der Waals surface area contributed by atoms with Gasteiger partial charge in [0.05, 0.1) is 9.85 Å². The SMILES string of the molecule is Cc1ccc2c(c1)-c1cc(C)c([N+](=O)[O-])c([N+](=O)[O-])c1C2=O. The van der Waals surface area contributed by atoms with Crippen LogP contribution in [0.3, 0.4) is 0 Å². The number of nitrogens with zero attached hydrogens (tertiary/aromatic N) is 2. The number of rotatable bonds is 2. The molecule has 0 atom stereocenters. The smallest absolute Gasteiger partial charge is 0.288 e. The summed E-state index contributed by atoms with van der Waals surface area (Å²) in [6, 6.07) is 6.56. The molecule has 7 nitrogen and oxygen atoms in total. The third-order valence-electron chi connectivity index (χ3n) is 3.77. The summed E-state index contributed by atoms with van der Waals surface area (Å²) in [7, 11) is 0. The van der Waals surface area contributed by atoms with Crippen molar-refractivity contribution in [3.05, 3.63) is 66.7 Å². The monoisotopic (exact) mass is 298 g/mol. The molecule has 0 amide bonds. The van der Waals surface area contributed by atoms with Crippen molar-refractivity contribution in [2.75, 3.05) is 0 Å². The van der Waals surface area contributed by atoms with Gasteiger partial charge in [-0.1, -0.05) is 23.8 Å². The van der Waals surface area contributed by atoms with E-state index < -0.39 is 27.0 Å². The van der Waals surface area contributed by atoms with Gasteiger partial charge in [0.25, 0.3) is 0 Å². The summed E-state index contributed by atoms with van der Waals surface area (Å²) in [5, 5.41) is 22.5. The highest BCUT2D eigenvalue weighted by molar-refractivity contribution is 6.24. The zero-order valence-electron chi connectivity index (χ0n) is 11.7. The van der Waals surface area contributed by atoms with Crippen LogP contribution in [0.1, 0.15) is 27.0 Å². The van der Waals surface area contributed by atoms with Gasteiger partial charge in [0.2, 0.25) is 5.78 Å². The third-order valence-corrected chi connectivity index (χ3v) is 3.77. The van der Waals surface area contributed by atoms with Crippen molar-refractivity contribution in [1.29, 1.82) is 0 Å². The fourth-order valence-corrected chi connectivity index (χ4v) is 2.85. The van der Waals surface area contributed by atoms with Crippen molar-refractivity contribution < 1.29 is 14.6 Å². The van der Waals surface area contributed by atoms with Gasteiger partial charge in [-0.3, -0.25) is 25.0 Å². The summed E-state index contributed by atoms with van der Waals surface area (Å²) in [4.78, 5) is 33.3. The van der Waals surface area contributed by atoms with E-state index >= 15 is 0 Å². The quantitative estimate of drug-likeness (QED) is 0.533. The molecule has 110 valence electrons. The number of carbonyl (C=O) groups is 1. The number of ketones is 1. The molecular formula is C15H10N2O5. The second kappa shape index (κ2) is 4.45. The first-order chi connectivity index (χ1) is 10.3. The lowest BCUT2D eigenvalue weighted by molar-refractivity contribution is -0.422. The molecule has 0 N–H and O–H groups in total. The summed E-state index contributed by atoms with van der Waals surface area (Å²) < 4.78 is 0. The van der Waals surface area contributed by atoms with E-state index in [0.717, 1.165) is 5.56 Å². The Morgan fingerprint density at radius 2 is 1.50 bits per heavy atom. The minimum atomic E-state index is -0.847. The highest BCUT2D eigenvalue weighted by atomic mass is 16.6. The minimum absolute atomic E-state index is 0.164. The first-order valence-corrected chi connectivity index (χ1v) is 6.45.